The molecule has 1 amide bonds. The van der Waals surface area contributed by atoms with E-state index in [1.807, 2.05) is 6.08 Å². The number of aliphatic hydroxyl groups excluding tert-OH is 8. The number of allylic oxidation sites excluding steroid dienone is 9. The maximum absolute atomic E-state index is 13.2. The van der Waals surface area contributed by atoms with Gasteiger partial charge in [-0.15, -0.1) is 0 Å². The summed E-state index contributed by atoms with van der Waals surface area (Å²) in [4.78, 5) is 13.2. The van der Waals surface area contributed by atoms with Gasteiger partial charge in [0.2, 0.25) is 5.91 Å². The van der Waals surface area contributed by atoms with Gasteiger partial charge in [-0.1, -0.05) is 197 Å². The first kappa shape index (κ1) is 65.8. The van der Waals surface area contributed by atoms with Crippen molar-refractivity contribution in [1.29, 1.82) is 0 Å². The molecule has 2 fully saturated rings. The lowest BCUT2D eigenvalue weighted by molar-refractivity contribution is -0.359. The third-order valence-corrected chi connectivity index (χ3v) is 13.7. The molecule has 2 saturated heterocycles. The lowest BCUT2D eigenvalue weighted by atomic mass is 9.97. The van der Waals surface area contributed by atoms with E-state index in [1.165, 1.54) is 109 Å². The minimum atomic E-state index is -1.79. The molecule has 0 spiro atoms. The largest absolute Gasteiger partial charge is 0.394 e. The Kier molecular flexibility index (Phi) is 40.1. The molecule has 14 heteroatoms. The summed E-state index contributed by atoms with van der Waals surface area (Å²) < 4.78 is 22.7. The van der Waals surface area contributed by atoms with Crippen molar-refractivity contribution in [1.82, 2.24) is 5.32 Å². The van der Waals surface area contributed by atoms with E-state index in [4.69, 9.17) is 18.9 Å². The van der Waals surface area contributed by atoms with Crippen LogP contribution >= 0.6 is 0 Å². The smallest absolute Gasteiger partial charge is 0.220 e. The molecule has 0 radical (unpaired) electrons. The zero-order valence-corrected chi connectivity index (χ0v) is 44.7. The highest BCUT2D eigenvalue weighted by atomic mass is 16.7. The van der Waals surface area contributed by atoms with E-state index in [0.717, 1.165) is 64.2 Å². The Bertz CT molecular complexity index is 1440. The number of hydrogen-bond donors (Lipinski definition) is 9. The fourth-order valence-electron chi connectivity index (χ4n) is 9.09. The van der Waals surface area contributed by atoms with E-state index in [0.29, 0.717) is 12.8 Å². The maximum atomic E-state index is 13.2. The Balaban J connectivity index is 1.80. The van der Waals surface area contributed by atoms with E-state index in [2.05, 4.69) is 67.8 Å². The summed E-state index contributed by atoms with van der Waals surface area (Å²) in [7, 11) is 0. The van der Waals surface area contributed by atoms with Gasteiger partial charge in [-0.3, -0.25) is 4.79 Å². The molecule has 0 saturated carbocycles. The molecule has 0 aromatic carbocycles. The second-order valence-electron chi connectivity index (χ2n) is 20.0. The molecule has 14 nitrogen and oxygen atoms in total. The Morgan fingerprint density at radius 1 is 0.514 bits per heavy atom. The van der Waals surface area contributed by atoms with Gasteiger partial charge in [0.05, 0.1) is 32.0 Å². The summed E-state index contributed by atoms with van der Waals surface area (Å²) in [6.07, 6.45) is 38.4. The van der Waals surface area contributed by atoms with Crippen molar-refractivity contribution in [2.24, 2.45) is 0 Å². The molecule has 0 aromatic rings. The number of unbranched alkanes of at least 4 members (excludes halogenated alkanes) is 23. The highest BCUT2D eigenvalue weighted by Crippen LogP contribution is 2.30. The molecule has 72 heavy (non-hydrogen) atoms. The predicted molar refractivity (Wildman–Crippen MR) is 286 cm³/mol. The zero-order chi connectivity index (χ0) is 52.4. The first-order valence-electron chi connectivity index (χ1n) is 28.5. The van der Waals surface area contributed by atoms with Crippen molar-refractivity contribution >= 4 is 5.91 Å². The molecule has 2 heterocycles. The lowest BCUT2D eigenvalue weighted by Gasteiger charge is -2.46. The van der Waals surface area contributed by atoms with Gasteiger partial charge in [0.1, 0.15) is 48.8 Å². The molecule has 2 aliphatic heterocycles. The van der Waals surface area contributed by atoms with Gasteiger partial charge in [-0.25, -0.2) is 0 Å². The number of rotatable bonds is 44. The van der Waals surface area contributed by atoms with Gasteiger partial charge >= 0.3 is 0 Å². The minimum absolute atomic E-state index is 0.252. The second-order valence-corrected chi connectivity index (χ2v) is 20.0. The molecule has 9 N–H and O–H groups in total. The predicted octanol–water partition coefficient (Wildman–Crippen LogP) is 9.00. The number of nitrogens with one attached hydrogen (secondary N) is 1. The molecular formula is C58H103NO13. The van der Waals surface area contributed by atoms with Gasteiger partial charge in [0.15, 0.2) is 12.6 Å². The van der Waals surface area contributed by atoms with Crippen molar-refractivity contribution in [2.75, 3.05) is 19.8 Å². The van der Waals surface area contributed by atoms with Crippen LogP contribution in [0.1, 0.15) is 206 Å². The molecule has 0 bridgehead atoms. The van der Waals surface area contributed by atoms with Crippen molar-refractivity contribution in [3.05, 3.63) is 60.8 Å². The fourth-order valence-corrected chi connectivity index (χ4v) is 9.09. The monoisotopic (exact) mass is 1020 g/mol. The molecular weight excluding hydrogens is 919 g/mol. The van der Waals surface area contributed by atoms with Crippen molar-refractivity contribution in [3.8, 4) is 0 Å². The maximum Gasteiger partial charge on any atom is 0.220 e. The van der Waals surface area contributed by atoms with Crippen LogP contribution < -0.4 is 5.32 Å². The first-order chi connectivity index (χ1) is 35.1. The fraction of sp³-hybridized carbons (Fsp3) is 0.810. The van der Waals surface area contributed by atoms with Gasteiger partial charge in [0.25, 0.3) is 0 Å². The number of carbonyl (C=O) groups is 1. The number of carbonyl (C=O) groups excluding carboxylic acids is 1. The van der Waals surface area contributed by atoms with Crippen LogP contribution in [0.15, 0.2) is 60.8 Å². The Labute approximate surface area is 435 Å². The van der Waals surface area contributed by atoms with Crippen LogP contribution in [0.3, 0.4) is 0 Å². The molecule has 418 valence electrons. The standard InChI is InChI=1S/C58H103NO13/c1-3-5-7-9-11-13-15-17-19-20-21-22-23-24-25-26-28-29-31-33-35-37-39-41-47(62)46(59-50(63)42-40-38-36-34-32-30-27-18-16-14-12-10-8-6-4-2)45-69-57-55(68)53(66)56(49(44-61)71-57)72-58-54(67)52(65)51(64)48(43-60)70-58/h6,8,12,14,18,27,31,33,39,41,46-49,51-58,60-62,64-68H,3-5,7,9-11,13,15-17,19-26,28-30,32,34-38,40,42-45H2,1-2H3,(H,59,63)/b8-6-,14-12-,27-18-,33-31+,41-39+. The van der Waals surface area contributed by atoms with Crippen LogP contribution in [0.25, 0.3) is 0 Å². The summed E-state index contributed by atoms with van der Waals surface area (Å²) >= 11 is 0. The molecule has 12 atom stereocenters. The molecule has 2 aliphatic rings. The van der Waals surface area contributed by atoms with E-state index >= 15 is 0 Å². The Hall–Kier alpha value is -2.31. The number of ether oxygens (including phenoxy) is 4. The summed E-state index contributed by atoms with van der Waals surface area (Å²) in [6.45, 7) is 2.65. The average Bonchev–Trinajstić information content (AvgIpc) is 3.38. The Morgan fingerprint density at radius 3 is 1.53 bits per heavy atom. The molecule has 2 rings (SSSR count). The van der Waals surface area contributed by atoms with E-state index in [9.17, 15) is 45.6 Å². The number of amides is 1. The van der Waals surface area contributed by atoms with Crippen molar-refractivity contribution in [3.63, 3.8) is 0 Å². The molecule has 12 unspecified atom stereocenters. The zero-order valence-electron chi connectivity index (χ0n) is 44.7. The van der Waals surface area contributed by atoms with E-state index < -0.39 is 86.8 Å². The first-order valence-corrected chi connectivity index (χ1v) is 28.5. The summed E-state index contributed by atoms with van der Waals surface area (Å²) in [5.41, 5.74) is 0. The summed E-state index contributed by atoms with van der Waals surface area (Å²) in [5, 5.41) is 86.9. The number of aliphatic hydroxyl groups is 8. The van der Waals surface area contributed by atoms with Crippen LogP contribution in [-0.4, -0.2) is 140 Å². The SMILES string of the molecule is CC/C=C\C/C=C\C/C=C\CCCCCCCC(=O)NC(COC1OC(CO)C(OC2OC(CO)C(O)C(O)C2O)C(O)C1O)C(O)/C=C/CC/C=C/CCCCCCCCCCCCCCCCCCC. The van der Waals surface area contributed by atoms with Crippen LogP contribution in [-0.2, 0) is 23.7 Å². The van der Waals surface area contributed by atoms with Gasteiger partial charge in [0, 0.05) is 6.42 Å². The highest BCUT2D eigenvalue weighted by Gasteiger charge is 2.51. The summed E-state index contributed by atoms with van der Waals surface area (Å²) in [5.74, 6) is -0.268. The average molecular weight is 1020 g/mol. The molecule has 0 aliphatic carbocycles. The van der Waals surface area contributed by atoms with Crippen molar-refractivity contribution < 1.29 is 64.6 Å². The van der Waals surface area contributed by atoms with Gasteiger partial charge < -0.3 is 65.1 Å². The third kappa shape index (κ3) is 29.7. The van der Waals surface area contributed by atoms with Gasteiger partial charge in [-0.05, 0) is 64.2 Å². The van der Waals surface area contributed by atoms with E-state index in [1.54, 1.807) is 6.08 Å². The third-order valence-electron chi connectivity index (χ3n) is 13.7. The van der Waals surface area contributed by atoms with Crippen molar-refractivity contribution in [2.45, 2.75) is 280 Å². The highest BCUT2D eigenvalue weighted by molar-refractivity contribution is 5.76. The van der Waals surface area contributed by atoms with E-state index in [-0.39, 0.29) is 18.9 Å². The minimum Gasteiger partial charge on any atom is -0.394 e. The van der Waals surface area contributed by atoms with Crippen LogP contribution in [0.2, 0.25) is 0 Å². The van der Waals surface area contributed by atoms with Crippen LogP contribution in [0, 0.1) is 0 Å². The molecule has 0 aromatic heterocycles. The summed E-state index contributed by atoms with van der Waals surface area (Å²) in [6, 6.07) is -0.943. The Morgan fingerprint density at radius 2 is 0.972 bits per heavy atom. The van der Waals surface area contributed by atoms with Crippen LogP contribution in [0.5, 0.6) is 0 Å². The van der Waals surface area contributed by atoms with Crippen LogP contribution in [0.4, 0.5) is 0 Å². The number of hydrogen-bond acceptors (Lipinski definition) is 13. The lowest BCUT2D eigenvalue weighted by Crippen LogP contribution is -2.65. The second kappa shape index (κ2) is 43.9. The quantitative estimate of drug-likeness (QED) is 0.0205. The normalized spacial score (nSPS) is 26.0. The topological polar surface area (TPSA) is 228 Å². The van der Waals surface area contributed by atoms with Gasteiger partial charge in [-0.2, -0.15) is 0 Å².